The van der Waals surface area contributed by atoms with Crippen molar-refractivity contribution in [1.82, 2.24) is 5.32 Å². The second kappa shape index (κ2) is 6.94. The third kappa shape index (κ3) is 3.76. The minimum Gasteiger partial charge on any atom is -0.496 e. The van der Waals surface area contributed by atoms with E-state index in [0.717, 1.165) is 24.2 Å². The average Bonchev–Trinajstić information content (AvgIpc) is 3.31. The second-order valence-corrected chi connectivity index (χ2v) is 5.89. The first-order valence-electron chi connectivity index (χ1n) is 7.67. The summed E-state index contributed by atoms with van der Waals surface area (Å²) in [7, 11) is 1.65. The summed E-state index contributed by atoms with van der Waals surface area (Å²) in [6, 6.07) is 7.85. The van der Waals surface area contributed by atoms with Crippen molar-refractivity contribution in [2.75, 3.05) is 13.7 Å². The summed E-state index contributed by atoms with van der Waals surface area (Å²) in [5.41, 5.74) is 1.10. The molecule has 0 bridgehead atoms. The Kier molecular flexibility index (Phi) is 5.23. The lowest BCUT2D eigenvalue weighted by Crippen LogP contribution is -2.36. The van der Waals surface area contributed by atoms with Gasteiger partial charge >= 0.3 is 0 Å². The number of amides is 1. The largest absolute Gasteiger partial charge is 0.496 e. The smallest absolute Gasteiger partial charge is 0.223 e. The van der Waals surface area contributed by atoms with Crippen LogP contribution in [-0.4, -0.2) is 30.8 Å². The molecule has 4 nitrogen and oxygen atoms in total. The van der Waals surface area contributed by atoms with E-state index in [4.69, 9.17) is 4.74 Å². The molecule has 0 spiro atoms. The highest BCUT2D eigenvalue weighted by atomic mass is 16.5. The highest BCUT2D eigenvalue weighted by molar-refractivity contribution is 5.83. The van der Waals surface area contributed by atoms with Gasteiger partial charge in [-0.2, -0.15) is 0 Å². The van der Waals surface area contributed by atoms with Crippen LogP contribution >= 0.6 is 0 Å². The number of carbonyl (C=O) groups excluding carboxylic acids is 1. The molecule has 1 fully saturated rings. The van der Waals surface area contributed by atoms with Gasteiger partial charge in [0.15, 0.2) is 0 Å². The standard InChI is InChI=1S/C17H25NO3/c1-4-11(2)15(19)10-18-17(20)14-9-13(14)12-7-5-6-8-16(12)21-3/h5-8,11,13-15,19H,4,9-10H2,1-3H3,(H,18,20). The molecule has 0 radical (unpaired) electrons. The fourth-order valence-corrected chi connectivity index (χ4v) is 2.61. The number of aliphatic hydroxyl groups excluding tert-OH is 1. The van der Waals surface area contributed by atoms with E-state index in [1.807, 2.05) is 38.1 Å². The lowest BCUT2D eigenvalue weighted by atomic mass is 10.0. The van der Waals surface area contributed by atoms with Crippen molar-refractivity contribution in [3.05, 3.63) is 29.8 Å². The Morgan fingerprint density at radius 2 is 2.19 bits per heavy atom. The zero-order valence-electron chi connectivity index (χ0n) is 13.0. The molecule has 4 atom stereocenters. The Morgan fingerprint density at radius 3 is 2.86 bits per heavy atom. The topological polar surface area (TPSA) is 58.6 Å². The number of hydrogen-bond acceptors (Lipinski definition) is 3. The van der Waals surface area contributed by atoms with Crippen LogP contribution in [0.25, 0.3) is 0 Å². The molecule has 1 aromatic carbocycles. The van der Waals surface area contributed by atoms with Crippen molar-refractivity contribution in [2.45, 2.75) is 38.7 Å². The van der Waals surface area contributed by atoms with Gasteiger partial charge in [0.2, 0.25) is 5.91 Å². The SMILES string of the molecule is CCC(C)C(O)CNC(=O)C1CC1c1ccccc1OC. The van der Waals surface area contributed by atoms with E-state index in [1.165, 1.54) is 0 Å². The molecule has 1 aliphatic rings. The van der Waals surface area contributed by atoms with Gasteiger partial charge in [0.05, 0.1) is 13.2 Å². The summed E-state index contributed by atoms with van der Waals surface area (Å²) in [5, 5.41) is 12.8. The third-order valence-corrected chi connectivity index (χ3v) is 4.45. The predicted octanol–water partition coefficient (Wildman–Crippen LogP) is 2.32. The molecule has 1 saturated carbocycles. The fraction of sp³-hybridized carbons (Fsp3) is 0.588. The molecule has 21 heavy (non-hydrogen) atoms. The molecule has 0 aromatic heterocycles. The van der Waals surface area contributed by atoms with Gasteiger partial charge in [-0.25, -0.2) is 0 Å². The van der Waals surface area contributed by atoms with Crippen LogP contribution in [0, 0.1) is 11.8 Å². The molecule has 2 rings (SSSR count). The monoisotopic (exact) mass is 291 g/mol. The first-order chi connectivity index (χ1) is 10.1. The highest BCUT2D eigenvalue weighted by Gasteiger charge is 2.45. The lowest BCUT2D eigenvalue weighted by Gasteiger charge is -2.17. The Bertz CT molecular complexity index is 489. The number of methoxy groups -OCH3 is 1. The first-order valence-corrected chi connectivity index (χ1v) is 7.67. The molecular weight excluding hydrogens is 266 g/mol. The molecule has 1 aliphatic carbocycles. The van der Waals surface area contributed by atoms with Crippen LogP contribution in [0.1, 0.15) is 38.2 Å². The Balaban J connectivity index is 1.87. The van der Waals surface area contributed by atoms with Crippen LogP contribution in [0.5, 0.6) is 5.75 Å². The molecule has 116 valence electrons. The quantitative estimate of drug-likeness (QED) is 0.810. The van der Waals surface area contributed by atoms with Crippen molar-refractivity contribution in [3.63, 3.8) is 0 Å². The summed E-state index contributed by atoms with van der Waals surface area (Å²) in [6.07, 6.45) is 1.29. The number of rotatable bonds is 7. The Morgan fingerprint density at radius 1 is 1.48 bits per heavy atom. The highest BCUT2D eigenvalue weighted by Crippen LogP contribution is 2.50. The summed E-state index contributed by atoms with van der Waals surface area (Å²) in [5.74, 6) is 1.33. The van der Waals surface area contributed by atoms with Crippen LogP contribution in [0.15, 0.2) is 24.3 Å². The lowest BCUT2D eigenvalue weighted by molar-refractivity contribution is -0.123. The van der Waals surface area contributed by atoms with Crippen molar-refractivity contribution < 1.29 is 14.6 Å². The number of ether oxygens (including phenoxy) is 1. The molecule has 0 heterocycles. The summed E-state index contributed by atoms with van der Waals surface area (Å²) < 4.78 is 5.35. The van der Waals surface area contributed by atoms with Gasteiger partial charge in [-0.3, -0.25) is 4.79 Å². The number of benzene rings is 1. The van der Waals surface area contributed by atoms with Gasteiger partial charge in [0.1, 0.15) is 5.75 Å². The number of nitrogens with one attached hydrogen (secondary N) is 1. The maximum Gasteiger partial charge on any atom is 0.223 e. The van der Waals surface area contributed by atoms with Gasteiger partial charge in [-0.15, -0.1) is 0 Å². The van der Waals surface area contributed by atoms with E-state index in [0.29, 0.717) is 6.54 Å². The van der Waals surface area contributed by atoms with E-state index < -0.39 is 6.10 Å². The fourth-order valence-electron chi connectivity index (χ4n) is 2.61. The summed E-state index contributed by atoms with van der Waals surface area (Å²) in [6.45, 7) is 4.36. The number of carbonyl (C=O) groups is 1. The number of aliphatic hydroxyl groups is 1. The van der Waals surface area contributed by atoms with Gasteiger partial charge in [0, 0.05) is 12.5 Å². The maximum absolute atomic E-state index is 12.1. The molecule has 2 N–H and O–H groups in total. The van der Waals surface area contributed by atoms with Crippen molar-refractivity contribution in [3.8, 4) is 5.75 Å². The minimum atomic E-state index is -0.470. The van der Waals surface area contributed by atoms with E-state index in [2.05, 4.69) is 5.32 Å². The Labute approximate surface area is 126 Å². The molecule has 4 unspecified atom stereocenters. The van der Waals surface area contributed by atoms with E-state index >= 15 is 0 Å². The second-order valence-electron chi connectivity index (χ2n) is 5.89. The van der Waals surface area contributed by atoms with Crippen molar-refractivity contribution in [2.24, 2.45) is 11.8 Å². The van der Waals surface area contributed by atoms with Gasteiger partial charge < -0.3 is 15.2 Å². The minimum absolute atomic E-state index is 0.00503. The van der Waals surface area contributed by atoms with Crippen molar-refractivity contribution >= 4 is 5.91 Å². The molecular formula is C17H25NO3. The normalized spacial score (nSPS) is 23.2. The van der Waals surface area contributed by atoms with Crippen LogP contribution in [0.2, 0.25) is 0 Å². The van der Waals surface area contributed by atoms with Gasteiger partial charge in [-0.05, 0) is 29.9 Å². The van der Waals surface area contributed by atoms with Crippen molar-refractivity contribution in [1.29, 1.82) is 0 Å². The first kappa shape index (κ1) is 15.8. The summed E-state index contributed by atoms with van der Waals surface area (Å²) >= 11 is 0. The zero-order chi connectivity index (χ0) is 15.4. The van der Waals surface area contributed by atoms with E-state index in [9.17, 15) is 9.90 Å². The number of hydrogen-bond donors (Lipinski definition) is 2. The molecule has 0 saturated heterocycles. The van der Waals surface area contributed by atoms with Crippen LogP contribution in [-0.2, 0) is 4.79 Å². The maximum atomic E-state index is 12.1. The number of para-hydroxylation sites is 1. The Hall–Kier alpha value is -1.55. The molecule has 1 amide bonds. The van der Waals surface area contributed by atoms with Crippen LogP contribution in [0.3, 0.4) is 0 Å². The predicted molar refractivity (Wildman–Crippen MR) is 82.3 cm³/mol. The van der Waals surface area contributed by atoms with Gasteiger partial charge in [0.25, 0.3) is 0 Å². The van der Waals surface area contributed by atoms with Crippen LogP contribution < -0.4 is 10.1 Å². The molecule has 4 heteroatoms. The zero-order valence-corrected chi connectivity index (χ0v) is 13.0. The van der Waals surface area contributed by atoms with E-state index in [1.54, 1.807) is 7.11 Å². The third-order valence-electron chi connectivity index (χ3n) is 4.45. The van der Waals surface area contributed by atoms with Crippen LogP contribution in [0.4, 0.5) is 0 Å². The van der Waals surface area contributed by atoms with E-state index in [-0.39, 0.29) is 23.7 Å². The molecule has 1 aromatic rings. The summed E-state index contributed by atoms with van der Waals surface area (Å²) in [4.78, 5) is 12.1. The molecule has 0 aliphatic heterocycles. The average molecular weight is 291 g/mol. The van der Waals surface area contributed by atoms with Gasteiger partial charge in [-0.1, -0.05) is 38.5 Å².